The van der Waals surface area contributed by atoms with Gasteiger partial charge in [0, 0.05) is 30.0 Å². The molecule has 1 fully saturated rings. The average molecular weight is 410 g/mol. The number of rotatable bonds is 6. The molecule has 2 heterocycles. The fourth-order valence-electron chi connectivity index (χ4n) is 3.09. The zero-order valence-corrected chi connectivity index (χ0v) is 16.9. The highest BCUT2D eigenvalue weighted by Crippen LogP contribution is 2.25. The van der Waals surface area contributed by atoms with E-state index in [1.54, 1.807) is 0 Å². The maximum atomic E-state index is 12.3. The molecule has 3 aromatic rings. The number of carbonyl (C=O) groups excluding carboxylic acids is 1. The van der Waals surface area contributed by atoms with Gasteiger partial charge in [-0.25, -0.2) is 0 Å². The number of thioether (sulfide) groups is 1. The number of aryl methyl sites for hydroxylation is 1. The van der Waals surface area contributed by atoms with Crippen molar-refractivity contribution in [3.05, 3.63) is 54.1 Å². The monoisotopic (exact) mass is 410 g/mol. The fourth-order valence-corrected chi connectivity index (χ4v) is 3.65. The van der Waals surface area contributed by atoms with Crippen LogP contribution in [0, 0.1) is 6.92 Å². The van der Waals surface area contributed by atoms with Crippen molar-refractivity contribution in [1.82, 2.24) is 10.2 Å². The van der Waals surface area contributed by atoms with Crippen molar-refractivity contribution < 1.29 is 13.9 Å². The number of benzene rings is 2. The molecule has 0 aliphatic carbocycles. The predicted molar refractivity (Wildman–Crippen MR) is 113 cm³/mol. The molecule has 0 radical (unpaired) electrons. The number of hydrogen-bond donors (Lipinski definition) is 1. The molecule has 1 N–H and O–H groups in total. The summed E-state index contributed by atoms with van der Waals surface area (Å²) < 4.78 is 11.1. The van der Waals surface area contributed by atoms with Crippen LogP contribution < -0.4 is 10.2 Å². The van der Waals surface area contributed by atoms with Crippen molar-refractivity contribution in [3.8, 4) is 11.5 Å². The third-order valence-corrected chi connectivity index (χ3v) is 5.45. The van der Waals surface area contributed by atoms with E-state index in [-0.39, 0.29) is 11.7 Å². The number of anilines is 2. The number of amides is 1. The lowest BCUT2D eigenvalue weighted by Crippen LogP contribution is -2.36. The molecule has 150 valence electrons. The Morgan fingerprint density at radius 3 is 2.62 bits per heavy atom. The van der Waals surface area contributed by atoms with Crippen LogP contribution >= 0.6 is 11.8 Å². The Hall–Kier alpha value is -2.84. The molecule has 1 aliphatic heterocycles. The zero-order chi connectivity index (χ0) is 20.1. The Labute approximate surface area is 173 Å². The molecule has 2 aromatic carbocycles. The summed E-state index contributed by atoms with van der Waals surface area (Å²) in [5, 5.41) is 11.4. The summed E-state index contributed by atoms with van der Waals surface area (Å²) in [6.07, 6.45) is 0. The van der Waals surface area contributed by atoms with Crippen LogP contribution in [0.15, 0.2) is 58.2 Å². The first kappa shape index (κ1) is 19.5. The van der Waals surface area contributed by atoms with Gasteiger partial charge in [0.25, 0.3) is 5.22 Å². The molecule has 1 saturated heterocycles. The second-order valence-corrected chi connectivity index (χ2v) is 7.60. The SMILES string of the molecule is Cc1ccccc1-c1nnc(SCC(=O)Nc2ccc(N3CCOCC3)cc2)o1. The highest BCUT2D eigenvalue weighted by Gasteiger charge is 2.14. The first-order chi connectivity index (χ1) is 14.2. The van der Waals surface area contributed by atoms with Gasteiger partial charge in [0.2, 0.25) is 11.8 Å². The quantitative estimate of drug-likeness (QED) is 0.622. The number of ether oxygens (including phenoxy) is 1. The molecule has 29 heavy (non-hydrogen) atoms. The van der Waals surface area contributed by atoms with Crippen molar-refractivity contribution >= 4 is 29.0 Å². The standard InChI is InChI=1S/C21H22N4O3S/c1-15-4-2-3-5-18(15)20-23-24-21(28-20)29-14-19(26)22-16-6-8-17(9-7-16)25-10-12-27-13-11-25/h2-9H,10-14H2,1H3,(H,22,26). The summed E-state index contributed by atoms with van der Waals surface area (Å²) in [7, 11) is 0. The van der Waals surface area contributed by atoms with E-state index in [2.05, 4.69) is 20.4 Å². The van der Waals surface area contributed by atoms with E-state index in [0.717, 1.165) is 48.8 Å². The van der Waals surface area contributed by atoms with E-state index < -0.39 is 0 Å². The lowest BCUT2D eigenvalue weighted by molar-refractivity contribution is -0.113. The van der Waals surface area contributed by atoms with Crippen LogP contribution in [0.25, 0.3) is 11.5 Å². The van der Waals surface area contributed by atoms with Crippen LogP contribution in [0.5, 0.6) is 0 Å². The van der Waals surface area contributed by atoms with Crippen molar-refractivity contribution in [2.45, 2.75) is 12.1 Å². The van der Waals surface area contributed by atoms with Crippen molar-refractivity contribution in [2.75, 3.05) is 42.3 Å². The molecule has 1 aliphatic rings. The summed E-state index contributed by atoms with van der Waals surface area (Å²) in [6, 6.07) is 15.7. The Kier molecular flexibility index (Phi) is 6.12. The van der Waals surface area contributed by atoms with E-state index in [9.17, 15) is 4.79 Å². The second kappa shape index (κ2) is 9.11. The van der Waals surface area contributed by atoms with E-state index in [0.29, 0.717) is 11.1 Å². The van der Waals surface area contributed by atoms with Crippen LogP contribution in [0.3, 0.4) is 0 Å². The second-order valence-electron chi connectivity index (χ2n) is 6.67. The minimum Gasteiger partial charge on any atom is -0.411 e. The van der Waals surface area contributed by atoms with Gasteiger partial charge in [-0.2, -0.15) is 0 Å². The van der Waals surface area contributed by atoms with Crippen LogP contribution in [0.1, 0.15) is 5.56 Å². The highest BCUT2D eigenvalue weighted by molar-refractivity contribution is 7.99. The number of hydrogen-bond acceptors (Lipinski definition) is 7. The van der Waals surface area contributed by atoms with Crippen LogP contribution in [-0.4, -0.2) is 48.2 Å². The van der Waals surface area contributed by atoms with Crippen molar-refractivity contribution in [3.63, 3.8) is 0 Å². The normalized spacial score (nSPS) is 14.0. The smallest absolute Gasteiger partial charge is 0.277 e. The molecule has 0 unspecified atom stereocenters. The molecule has 1 amide bonds. The van der Waals surface area contributed by atoms with Gasteiger partial charge >= 0.3 is 0 Å². The van der Waals surface area contributed by atoms with Gasteiger partial charge < -0.3 is 19.4 Å². The van der Waals surface area contributed by atoms with E-state index >= 15 is 0 Å². The van der Waals surface area contributed by atoms with E-state index in [4.69, 9.17) is 9.15 Å². The van der Waals surface area contributed by atoms with E-state index in [1.165, 1.54) is 11.8 Å². The molecule has 7 nitrogen and oxygen atoms in total. The molecular weight excluding hydrogens is 388 g/mol. The average Bonchev–Trinajstić information content (AvgIpc) is 3.23. The predicted octanol–water partition coefficient (Wildman–Crippen LogP) is 3.61. The number of carbonyl (C=O) groups is 1. The number of nitrogens with one attached hydrogen (secondary N) is 1. The largest absolute Gasteiger partial charge is 0.411 e. The van der Waals surface area contributed by atoms with Crippen molar-refractivity contribution in [1.29, 1.82) is 0 Å². The number of morpholine rings is 1. The summed E-state index contributed by atoms with van der Waals surface area (Å²) in [5.41, 5.74) is 3.86. The minimum absolute atomic E-state index is 0.121. The maximum absolute atomic E-state index is 12.3. The van der Waals surface area contributed by atoms with Gasteiger partial charge in [0.1, 0.15) is 0 Å². The van der Waals surface area contributed by atoms with Crippen LogP contribution in [-0.2, 0) is 9.53 Å². The Bertz CT molecular complexity index is 968. The van der Waals surface area contributed by atoms with Gasteiger partial charge in [-0.3, -0.25) is 4.79 Å². The first-order valence-electron chi connectivity index (χ1n) is 9.44. The number of aromatic nitrogens is 2. The van der Waals surface area contributed by atoms with E-state index in [1.807, 2.05) is 55.5 Å². The van der Waals surface area contributed by atoms with Crippen LogP contribution in [0.4, 0.5) is 11.4 Å². The maximum Gasteiger partial charge on any atom is 0.277 e. The lowest BCUT2D eigenvalue weighted by Gasteiger charge is -2.28. The zero-order valence-electron chi connectivity index (χ0n) is 16.1. The van der Waals surface area contributed by atoms with Gasteiger partial charge in [-0.15, -0.1) is 10.2 Å². The molecule has 8 heteroatoms. The topological polar surface area (TPSA) is 80.5 Å². The van der Waals surface area contributed by atoms with Crippen molar-refractivity contribution in [2.24, 2.45) is 0 Å². The van der Waals surface area contributed by atoms with Gasteiger partial charge in [0.05, 0.1) is 19.0 Å². The molecule has 1 aromatic heterocycles. The first-order valence-corrected chi connectivity index (χ1v) is 10.4. The molecule has 0 saturated carbocycles. The van der Waals surface area contributed by atoms with Gasteiger partial charge in [-0.05, 0) is 42.8 Å². The third kappa shape index (κ3) is 4.96. The fraction of sp³-hybridized carbons (Fsp3) is 0.286. The molecule has 0 atom stereocenters. The summed E-state index contributed by atoms with van der Waals surface area (Å²) in [4.78, 5) is 14.5. The Morgan fingerprint density at radius 1 is 1.10 bits per heavy atom. The minimum atomic E-state index is -0.121. The summed E-state index contributed by atoms with van der Waals surface area (Å²) in [6.45, 7) is 5.26. The summed E-state index contributed by atoms with van der Waals surface area (Å²) in [5.74, 6) is 0.537. The van der Waals surface area contributed by atoms with Gasteiger partial charge in [-0.1, -0.05) is 30.0 Å². The Morgan fingerprint density at radius 2 is 1.86 bits per heavy atom. The highest BCUT2D eigenvalue weighted by atomic mass is 32.2. The number of nitrogens with zero attached hydrogens (tertiary/aromatic N) is 3. The Balaban J connectivity index is 1.30. The third-order valence-electron chi connectivity index (χ3n) is 4.64. The molecular formula is C21H22N4O3S. The summed E-state index contributed by atoms with van der Waals surface area (Å²) >= 11 is 1.22. The van der Waals surface area contributed by atoms with Gasteiger partial charge in [0.15, 0.2) is 0 Å². The molecule has 0 bridgehead atoms. The lowest BCUT2D eigenvalue weighted by atomic mass is 10.1. The molecule has 4 rings (SSSR count). The van der Waals surface area contributed by atoms with Crippen LogP contribution in [0.2, 0.25) is 0 Å². The molecule has 0 spiro atoms.